The standard InChI is InChI=1S/C11H9FS/c1-13-11-5-3-8-2-4-10(12)6-9(8)7-11/h2-7H,1H3. The number of benzene rings is 2. The number of thioether (sulfide) groups is 1. The summed E-state index contributed by atoms with van der Waals surface area (Å²) in [7, 11) is 0. The third kappa shape index (κ3) is 1.68. The van der Waals surface area contributed by atoms with Gasteiger partial charge in [-0.3, -0.25) is 0 Å². The lowest BCUT2D eigenvalue weighted by Crippen LogP contribution is -1.77. The molecule has 0 saturated carbocycles. The lowest BCUT2D eigenvalue weighted by Gasteiger charge is -2.00. The van der Waals surface area contributed by atoms with Crippen LogP contribution in [-0.4, -0.2) is 6.26 Å². The quantitative estimate of drug-likeness (QED) is 0.621. The molecule has 0 unspecified atom stereocenters. The van der Waals surface area contributed by atoms with Gasteiger partial charge in [0.1, 0.15) is 5.82 Å². The van der Waals surface area contributed by atoms with Crippen LogP contribution in [0.15, 0.2) is 41.3 Å². The largest absolute Gasteiger partial charge is 0.207 e. The van der Waals surface area contributed by atoms with E-state index in [1.807, 2.05) is 24.5 Å². The second-order valence-corrected chi connectivity index (χ2v) is 3.74. The highest BCUT2D eigenvalue weighted by atomic mass is 32.2. The van der Waals surface area contributed by atoms with Gasteiger partial charge in [0.05, 0.1) is 0 Å². The van der Waals surface area contributed by atoms with Crippen molar-refractivity contribution in [1.82, 2.24) is 0 Å². The molecule has 13 heavy (non-hydrogen) atoms. The van der Waals surface area contributed by atoms with Gasteiger partial charge in [-0.25, -0.2) is 4.39 Å². The second-order valence-electron chi connectivity index (χ2n) is 2.86. The Morgan fingerprint density at radius 3 is 2.54 bits per heavy atom. The molecule has 0 fully saturated rings. The highest BCUT2D eigenvalue weighted by molar-refractivity contribution is 7.98. The molecule has 2 rings (SSSR count). The average Bonchev–Trinajstić information content (AvgIpc) is 2.16. The van der Waals surface area contributed by atoms with Crippen LogP contribution in [0, 0.1) is 5.82 Å². The Kier molecular flexibility index (Phi) is 2.23. The number of halogens is 1. The van der Waals surface area contributed by atoms with Crippen molar-refractivity contribution < 1.29 is 4.39 Å². The first-order valence-electron chi connectivity index (χ1n) is 4.03. The van der Waals surface area contributed by atoms with Gasteiger partial charge in [-0.2, -0.15) is 0 Å². The number of hydrogen-bond donors (Lipinski definition) is 0. The molecule has 0 atom stereocenters. The van der Waals surface area contributed by atoms with Gasteiger partial charge < -0.3 is 0 Å². The van der Waals surface area contributed by atoms with Crippen molar-refractivity contribution in [2.75, 3.05) is 6.26 Å². The summed E-state index contributed by atoms with van der Waals surface area (Å²) in [6, 6.07) is 10.9. The van der Waals surface area contributed by atoms with E-state index in [9.17, 15) is 4.39 Å². The molecule has 0 nitrogen and oxygen atoms in total. The van der Waals surface area contributed by atoms with E-state index >= 15 is 0 Å². The minimum atomic E-state index is -0.175. The monoisotopic (exact) mass is 192 g/mol. The van der Waals surface area contributed by atoms with E-state index < -0.39 is 0 Å². The molecule has 0 saturated heterocycles. The maximum Gasteiger partial charge on any atom is 0.123 e. The summed E-state index contributed by atoms with van der Waals surface area (Å²) in [5.41, 5.74) is 0. The second kappa shape index (κ2) is 3.38. The van der Waals surface area contributed by atoms with Gasteiger partial charge in [-0.15, -0.1) is 11.8 Å². The number of hydrogen-bond acceptors (Lipinski definition) is 1. The van der Waals surface area contributed by atoms with Crippen LogP contribution in [0.5, 0.6) is 0 Å². The van der Waals surface area contributed by atoms with E-state index in [1.165, 1.54) is 6.07 Å². The van der Waals surface area contributed by atoms with Gasteiger partial charge in [-0.1, -0.05) is 12.1 Å². The van der Waals surface area contributed by atoms with Crippen molar-refractivity contribution in [3.63, 3.8) is 0 Å². The molecular formula is C11H9FS. The van der Waals surface area contributed by atoms with Crippen LogP contribution < -0.4 is 0 Å². The normalized spacial score (nSPS) is 10.6. The maximum atomic E-state index is 12.9. The molecule has 0 aromatic heterocycles. The van der Waals surface area contributed by atoms with Gasteiger partial charge in [0, 0.05) is 4.90 Å². The predicted molar refractivity (Wildman–Crippen MR) is 55.7 cm³/mol. The third-order valence-corrected chi connectivity index (χ3v) is 2.73. The van der Waals surface area contributed by atoms with Gasteiger partial charge in [0.15, 0.2) is 0 Å². The van der Waals surface area contributed by atoms with Crippen molar-refractivity contribution in [2.24, 2.45) is 0 Å². The molecule has 0 spiro atoms. The zero-order valence-electron chi connectivity index (χ0n) is 7.25. The molecule has 2 heteroatoms. The zero-order valence-corrected chi connectivity index (χ0v) is 8.07. The Labute approximate surface area is 80.8 Å². The number of fused-ring (bicyclic) bond motifs is 1. The molecular weight excluding hydrogens is 183 g/mol. The highest BCUT2D eigenvalue weighted by Crippen LogP contribution is 2.22. The summed E-state index contributed by atoms with van der Waals surface area (Å²) in [5, 5.41) is 2.05. The first-order chi connectivity index (χ1) is 6.29. The molecule has 0 radical (unpaired) electrons. The minimum Gasteiger partial charge on any atom is -0.207 e. The first kappa shape index (κ1) is 8.57. The summed E-state index contributed by atoms with van der Waals surface area (Å²) in [4.78, 5) is 1.16. The van der Waals surface area contributed by atoms with Crippen molar-refractivity contribution in [1.29, 1.82) is 0 Å². The van der Waals surface area contributed by atoms with Crippen LogP contribution in [0.1, 0.15) is 0 Å². The van der Waals surface area contributed by atoms with E-state index in [2.05, 4.69) is 0 Å². The van der Waals surface area contributed by atoms with Crippen LogP contribution in [0.3, 0.4) is 0 Å². The van der Waals surface area contributed by atoms with E-state index in [-0.39, 0.29) is 5.82 Å². The molecule has 0 aliphatic carbocycles. The molecule has 66 valence electrons. The Morgan fingerprint density at radius 2 is 1.77 bits per heavy atom. The SMILES string of the molecule is CSc1ccc2ccc(F)cc2c1. The lowest BCUT2D eigenvalue weighted by molar-refractivity contribution is 0.629. The average molecular weight is 192 g/mol. The zero-order chi connectivity index (χ0) is 9.26. The molecule has 0 aliphatic heterocycles. The van der Waals surface area contributed by atoms with Gasteiger partial charge in [0.25, 0.3) is 0 Å². The van der Waals surface area contributed by atoms with Crippen molar-refractivity contribution >= 4 is 22.5 Å². The minimum absolute atomic E-state index is 0.175. The molecule has 2 aromatic carbocycles. The summed E-state index contributed by atoms with van der Waals surface area (Å²) < 4.78 is 12.9. The van der Waals surface area contributed by atoms with Crippen molar-refractivity contribution in [2.45, 2.75) is 4.90 Å². The lowest BCUT2D eigenvalue weighted by atomic mass is 10.1. The van der Waals surface area contributed by atoms with E-state index in [0.29, 0.717) is 0 Å². The van der Waals surface area contributed by atoms with Gasteiger partial charge >= 0.3 is 0 Å². The Hall–Kier alpha value is -1.02. The molecule has 0 aliphatic rings. The van der Waals surface area contributed by atoms with Crippen molar-refractivity contribution in [3.05, 3.63) is 42.2 Å². The Bertz CT molecular complexity index is 437. The van der Waals surface area contributed by atoms with Gasteiger partial charge in [-0.05, 0) is 41.3 Å². The summed E-state index contributed by atoms with van der Waals surface area (Å²) in [6.07, 6.45) is 2.01. The Morgan fingerprint density at radius 1 is 1.00 bits per heavy atom. The van der Waals surface area contributed by atoms with E-state index in [4.69, 9.17) is 0 Å². The fourth-order valence-corrected chi connectivity index (χ4v) is 1.77. The summed E-state index contributed by atoms with van der Waals surface area (Å²) in [5.74, 6) is -0.175. The van der Waals surface area contributed by atoms with Crippen LogP contribution in [-0.2, 0) is 0 Å². The van der Waals surface area contributed by atoms with Crippen molar-refractivity contribution in [3.8, 4) is 0 Å². The fraction of sp³-hybridized carbons (Fsp3) is 0.0909. The van der Waals surface area contributed by atoms with Crippen LogP contribution >= 0.6 is 11.8 Å². The predicted octanol–water partition coefficient (Wildman–Crippen LogP) is 3.70. The summed E-state index contributed by atoms with van der Waals surface area (Å²) >= 11 is 1.67. The molecule has 0 amide bonds. The molecule has 0 N–H and O–H groups in total. The topological polar surface area (TPSA) is 0 Å². The number of rotatable bonds is 1. The molecule has 0 heterocycles. The molecule has 2 aromatic rings. The third-order valence-electron chi connectivity index (χ3n) is 2.01. The maximum absolute atomic E-state index is 12.9. The van der Waals surface area contributed by atoms with Crippen LogP contribution in [0.4, 0.5) is 4.39 Å². The first-order valence-corrected chi connectivity index (χ1v) is 5.25. The van der Waals surface area contributed by atoms with Crippen LogP contribution in [0.25, 0.3) is 10.8 Å². The van der Waals surface area contributed by atoms with Crippen LogP contribution in [0.2, 0.25) is 0 Å². The smallest absolute Gasteiger partial charge is 0.123 e. The highest BCUT2D eigenvalue weighted by Gasteiger charge is 1.96. The van der Waals surface area contributed by atoms with Gasteiger partial charge in [0.2, 0.25) is 0 Å². The Balaban J connectivity index is 2.68. The summed E-state index contributed by atoms with van der Waals surface area (Å²) in [6.45, 7) is 0. The van der Waals surface area contributed by atoms with E-state index in [0.717, 1.165) is 15.7 Å². The molecule has 0 bridgehead atoms. The fourth-order valence-electron chi connectivity index (χ4n) is 1.32. The van der Waals surface area contributed by atoms with E-state index in [1.54, 1.807) is 23.9 Å².